The lowest BCUT2D eigenvalue weighted by Gasteiger charge is -2.31. The van der Waals surface area contributed by atoms with Gasteiger partial charge in [-0.05, 0) is 63.5 Å². The summed E-state index contributed by atoms with van der Waals surface area (Å²) in [4.78, 5) is 11.3. The number of carbonyl (C=O) groups is 1. The lowest BCUT2D eigenvalue weighted by atomic mass is 10.1. The highest BCUT2D eigenvalue weighted by Crippen LogP contribution is 2.17. The molecule has 14 heavy (non-hydrogen) atoms. The topological polar surface area (TPSA) is 32.3 Å². The van der Waals surface area contributed by atoms with Crippen molar-refractivity contribution in [3.8, 4) is 0 Å². The molecule has 0 aromatic rings. The van der Waals surface area contributed by atoms with Crippen molar-refractivity contribution in [3.05, 3.63) is 0 Å². The number of nitrogens with zero attached hydrogens (tertiary/aromatic N) is 1. The minimum Gasteiger partial charge on any atom is -0.317 e. The molecular formula is C10H19ClN2O. The molecule has 2 aliphatic heterocycles. The zero-order valence-corrected chi connectivity index (χ0v) is 9.30. The Morgan fingerprint density at radius 3 is 2.21 bits per heavy atom. The van der Waals surface area contributed by atoms with E-state index < -0.39 is 0 Å². The molecule has 0 bridgehead atoms. The second-order valence-electron chi connectivity index (χ2n) is 3.81. The smallest absolute Gasteiger partial charge is 0.208 e. The number of hydrogen-bond donors (Lipinski definition) is 1. The Hall–Kier alpha value is -0.120. The number of halogens is 1. The predicted molar refractivity (Wildman–Crippen MR) is 59.3 cm³/mol. The van der Waals surface area contributed by atoms with Gasteiger partial charge in [-0.2, -0.15) is 0 Å². The highest BCUT2D eigenvalue weighted by atomic mass is 35.5. The van der Waals surface area contributed by atoms with Crippen LogP contribution in [0.15, 0.2) is 0 Å². The fourth-order valence-electron chi connectivity index (χ4n) is 2.28. The zero-order valence-electron chi connectivity index (χ0n) is 8.54. The third-order valence-electron chi connectivity index (χ3n) is 2.97. The first-order chi connectivity index (χ1) is 6.88. The van der Waals surface area contributed by atoms with E-state index in [1.807, 2.05) is 0 Å². The Bertz CT molecular complexity index is 154. The molecule has 4 heteroatoms. The average Bonchev–Trinajstić information content (AvgIpc) is 2.73. The number of hydrogen-bond acceptors (Lipinski definition) is 3. The van der Waals surface area contributed by atoms with Gasteiger partial charge in [0.25, 0.3) is 0 Å². The van der Waals surface area contributed by atoms with Gasteiger partial charge in [-0.15, -0.1) is 0 Å². The molecule has 2 fully saturated rings. The molecule has 0 aromatic heterocycles. The van der Waals surface area contributed by atoms with Gasteiger partial charge < -0.3 is 10.2 Å². The molecular weight excluding hydrogens is 200 g/mol. The molecule has 0 saturated carbocycles. The molecule has 0 aromatic carbocycles. The molecule has 2 heterocycles. The quantitative estimate of drug-likeness (QED) is 0.531. The second kappa shape index (κ2) is 7.21. The van der Waals surface area contributed by atoms with Crippen LogP contribution in [0.3, 0.4) is 0 Å². The van der Waals surface area contributed by atoms with E-state index in [-0.39, 0.29) is 5.75 Å². The Labute approximate surface area is 90.8 Å². The van der Waals surface area contributed by atoms with Gasteiger partial charge in [-0.3, -0.25) is 4.79 Å². The van der Waals surface area contributed by atoms with Crippen LogP contribution in [0.4, 0.5) is 0 Å². The van der Waals surface area contributed by atoms with Gasteiger partial charge >= 0.3 is 0 Å². The first-order valence-electron chi connectivity index (χ1n) is 5.37. The maximum Gasteiger partial charge on any atom is 0.208 e. The van der Waals surface area contributed by atoms with Crippen LogP contribution < -0.4 is 5.32 Å². The third kappa shape index (κ3) is 3.95. The summed E-state index contributed by atoms with van der Waals surface area (Å²) in [6.07, 6.45) is 5.62. The molecule has 0 amide bonds. The predicted octanol–water partition coefficient (Wildman–Crippen LogP) is 1.25. The van der Waals surface area contributed by atoms with Crippen LogP contribution in [0.1, 0.15) is 25.7 Å². The molecule has 82 valence electrons. The SMILES string of the molecule is C1CCN(C2CCNCC2)C1.O=CCl. The normalized spacial score (nSPS) is 24.1. The van der Waals surface area contributed by atoms with Crippen LogP contribution >= 0.6 is 11.6 Å². The van der Waals surface area contributed by atoms with Crippen molar-refractivity contribution in [1.29, 1.82) is 0 Å². The van der Waals surface area contributed by atoms with E-state index in [2.05, 4.69) is 21.8 Å². The van der Waals surface area contributed by atoms with Gasteiger partial charge in [0.1, 0.15) is 0 Å². The van der Waals surface area contributed by atoms with Crippen molar-refractivity contribution >= 4 is 17.3 Å². The maximum absolute atomic E-state index is 8.57. The zero-order chi connectivity index (χ0) is 10.2. The van der Waals surface area contributed by atoms with Crippen LogP contribution in [0.5, 0.6) is 0 Å². The fraction of sp³-hybridized carbons (Fsp3) is 0.900. The van der Waals surface area contributed by atoms with Crippen molar-refractivity contribution < 1.29 is 4.79 Å². The third-order valence-corrected chi connectivity index (χ3v) is 2.97. The summed E-state index contributed by atoms with van der Waals surface area (Å²) in [7, 11) is 0. The Morgan fingerprint density at radius 1 is 1.21 bits per heavy atom. The minimum absolute atomic E-state index is 0.222. The average molecular weight is 219 g/mol. The van der Waals surface area contributed by atoms with Crippen molar-refractivity contribution in [2.24, 2.45) is 0 Å². The first-order valence-corrected chi connectivity index (χ1v) is 5.80. The molecule has 0 radical (unpaired) electrons. The van der Waals surface area contributed by atoms with Crippen LogP contribution in [0.2, 0.25) is 0 Å². The molecule has 2 rings (SSSR count). The van der Waals surface area contributed by atoms with Gasteiger partial charge in [-0.25, -0.2) is 0 Å². The number of piperidine rings is 1. The van der Waals surface area contributed by atoms with Gasteiger partial charge in [-0.1, -0.05) is 0 Å². The lowest BCUT2D eigenvalue weighted by Crippen LogP contribution is -2.41. The number of rotatable bonds is 1. The van der Waals surface area contributed by atoms with Crippen molar-refractivity contribution in [3.63, 3.8) is 0 Å². The van der Waals surface area contributed by atoms with Gasteiger partial charge in [0.05, 0.1) is 0 Å². The molecule has 0 atom stereocenters. The second-order valence-corrected chi connectivity index (χ2v) is 3.99. The van der Waals surface area contributed by atoms with Crippen LogP contribution in [-0.2, 0) is 4.79 Å². The van der Waals surface area contributed by atoms with Gasteiger partial charge in [0.2, 0.25) is 5.75 Å². The number of likely N-dealkylation sites (tertiary alicyclic amines) is 1. The summed E-state index contributed by atoms with van der Waals surface area (Å²) in [5.74, 6) is 0.222. The number of nitrogens with one attached hydrogen (secondary N) is 1. The molecule has 3 nitrogen and oxygen atoms in total. The minimum atomic E-state index is 0.222. The van der Waals surface area contributed by atoms with E-state index in [9.17, 15) is 0 Å². The number of carbonyl (C=O) groups excluding carboxylic acids is 1. The van der Waals surface area contributed by atoms with E-state index >= 15 is 0 Å². The van der Waals surface area contributed by atoms with Crippen LogP contribution in [-0.4, -0.2) is 42.9 Å². The Kier molecular flexibility index (Phi) is 6.15. The van der Waals surface area contributed by atoms with Gasteiger partial charge in [0, 0.05) is 6.04 Å². The maximum atomic E-state index is 8.57. The summed E-state index contributed by atoms with van der Waals surface area (Å²) >= 11 is 4.32. The van der Waals surface area contributed by atoms with E-state index in [1.54, 1.807) is 0 Å². The summed E-state index contributed by atoms with van der Waals surface area (Å²) < 4.78 is 0. The molecule has 2 aliphatic rings. The molecule has 1 N–H and O–H groups in total. The molecule has 0 aliphatic carbocycles. The van der Waals surface area contributed by atoms with E-state index in [0.717, 1.165) is 6.04 Å². The summed E-state index contributed by atoms with van der Waals surface area (Å²) in [5.41, 5.74) is 0. The fourth-order valence-corrected chi connectivity index (χ4v) is 2.28. The first kappa shape index (κ1) is 12.0. The van der Waals surface area contributed by atoms with E-state index in [0.29, 0.717) is 0 Å². The van der Waals surface area contributed by atoms with Crippen LogP contribution in [0, 0.1) is 0 Å². The summed E-state index contributed by atoms with van der Waals surface area (Å²) in [5, 5.41) is 3.41. The Morgan fingerprint density at radius 2 is 1.71 bits per heavy atom. The van der Waals surface area contributed by atoms with Crippen molar-refractivity contribution in [2.75, 3.05) is 26.2 Å². The van der Waals surface area contributed by atoms with E-state index in [4.69, 9.17) is 4.79 Å². The lowest BCUT2D eigenvalue weighted by molar-refractivity contribution is 0.199. The molecule has 2 saturated heterocycles. The van der Waals surface area contributed by atoms with E-state index in [1.165, 1.54) is 51.9 Å². The van der Waals surface area contributed by atoms with Crippen molar-refractivity contribution in [1.82, 2.24) is 10.2 Å². The summed E-state index contributed by atoms with van der Waals surface area (Å²) in [6, 6.07) is 0.916. The largest absolute Gasteiger partial charge is 0.317 e. The highest BCUT2D eigenvalue weighted by Gasteiger charge is 2.22. The highest BCUT2D eigenvalue weighted by molar-refractivity contribution is 6.54. The van der Waals surface area contributed by atoms with Crippen LogP contribution in [0.25, 0.3) is 0 Å². The molecule has 0 spiro atoms. The monoisotopic (exact) mass is 218 g/mol. The van der Waals surface area contributed by atoms with Gasteiger partial charge in [0.15, 0.2) is 0 Å². The summed E-state index contributed by atoms with van der Waals surface area (Å²) in [6.45, 7) is 5.21. The standard InChI is InChI=1S/C9H18N2.CHClO/c1-2-8-11(7-1)9-3-5-10-6-4-9;2-1-3/h9-10H,1-8H2;1H. The Balaban J connectivity index is 0.000000293. The van der Waals surface area contributed by atoms with Crippen molar-refractivity contribution in [2.45, 2.75) is 31.7 Å². The molecule has 0 unspecified atom stereocenters.